The molecule has 6 rings (SSSR count). The van der Waals surface area contributed by atoms with Gasteiger partial charge in [0.2, 0.25) is 11.8 Å². The van der Waals surface area contributed by atoms with Crippen LogP contribution in [-0.2, 0) is 0 Å². The largest absolute Gasteiger partial charge is 0.415 e. The highest BCUT2D eigenvalue weighted by molar-refractivity contribution is 14.1. The van der Waals surface area contributed by atoms with Crippen molar-refractivity contribution in [2.24, 2.45) is 5.41 Å². The molecule has 0 N–H and O–H groups in total. The van der Waals surface area contributed by atoms with E-state index in [1.165, 1.54) is 29.3 Å². The number of aryl methyl sites for hydroxylation is 1. The van der Waals surface area contributed by atoms with Crippen LogP contribution < -0.4 is 9.80 Å². The molecule has 0 amide bonds. The third-order valence-corrected chi connectivity index (χ3v) is 8.12. The first-order valence-electron chi connectivity index (χ1n) is 12.1. The van der Waals surface area contributed by atoms with Crippen LogP contribution in [0.5, 0.6) is 0 Å². The summed E-state index contributed by atoms with van der Waals surface area (Å²) in [6, 6.07) is 8.20. The third kappa shape index (κ3) is 4.38. The van der Waals surface area contributed by atoms with Gasteiger partial charge in [0.25, 0.3) is 5.89 Å². The average Bonchev–Trinajstić information content (AvgIpc) is 3.39. The van der Waals surface area contributed by atoms with Crippen LogP contribution in [0.3, 0.4) is 0 Å². The van der Waals surface area contributed by atoms with Crippen LogP contribution in [0, 0.1) is 15.9 Å². The number of hydrogen-bond donors (Lipinski definition) is 0. The lowest BCUT2D eigenvalue weighted by molar-refractivity contribution is 0.285. The summed E-state index contributed by atoms with van der Waals surface area (Å²) < 4.78 is 21.3. The van der Waals surface area contributed by atoms with Crippen molar-refractivity contribution in [1.82, 2.24) is 20.2 Å². The molecule has 2 aromatic heterocycles. The second-order valence-electron chi connectivity index (χ2n) is 9.94. The summed E-state index contributed by atoms with van der Waals surface area (Å²) >= 11 is 2.36. The molecule has 0 bridgehead atoms. The van der Waals surface area contributed by atoms with Gasteiger partial charge in [0.05, 0.1) is 17.8 Å². The van der Waals surface area contributed by atoms with Crippen molar-refractivity contribution in [3.63, 3.8) is 0 Å². The molecular formula is C25H28FIN6O. The van der Waals surface area contributed by atoms with Gasteiger partial charge in [-0.1, -0.05) is 0 Å². The van der Waals surface area contributed by atoms with E-state index in [-0.39, 0.29) is 0 Å². The Balaban J connectivity index is 1.30. The van der Waals surface area contributed by atoms with Crippen LogP contribution in [0.2, 0.25) is 0 Å². The number of hydrogen-bond acceptors (Lipinski definition) is 7. The Kier molecular flexibility index (Phi) is 5.69. The van der Waals surface area contributed by atoms with E-state index in [2.05, 4.69) is 65.9 Å². The zero-order valence-corrected chi connectivity index (χ0v) is 21.5. The first-order chi connectivity index (χ1) is 16.5. The fourth-order valence-corrected chi connectivity index (χ4v) is 5.67. The molecule has 178 valence electrons. The molecule has 1 saturated carbocycles. The van der Waals surface area contributed by atoms with Crippen LogP contribution in [0.25, 0.3) is 23.0 Å². The van der Waals surface area contributed by atoms with Gasteiger partial charge >= 0.3 is 0 Å². The number of halogens is 2. The molecule has 34 heavy (non-hydrogen) atoms. The lowest BCUT2D eigenvalue weighted by atomic mass is 9.93. The molecule has 3 aromatic rings. The van der Waals surface area contributed by atoms with Crippen LogP contribution >= 0.6 is 22.6 Å². The van der Waals surface area contributed by atoms with E-state index < -0.39 is 6.17 Å². The number of piperidine rings is 2. The molecule has 0 radical (unpaired) electrons. The SMILES string of the molecule is Cc1cc(-c2nnc(-c3ccc(I)cc3N3CCC4(CC3)CC4)o2)nc(N2CCCC(F)C2)n1. The van der Waals surface area contributed by atoms with Crippen molar-refractivity contribution >= 4 is 34.2 Å². The molecule has 1 spiro atoms. The Morgan fingerprint density at radius 2 is 1.79 bits per heavy atom. The van der Waals surface area contributed by atoms with E-state index in [4.69, 9.17) is 4.42 Å². The van der Waals surface area contributed by atoms with Crippen molar-refractivity contribution in [1.29, 1.82) is 0 Å². The number of nitrogens with zero attached hydrogens (tertiary/aromatic N) is 6. The highest BCUT2D eigenvalue weighted by atomic mass is 127. The van der Waals surface area contributed by atoms with Crippen LogP contribution in [0.15, 0.2) is 28.7 Å². The Morgan fingerprint density at radius 1 is 1.00 bits per heavy atom. The molecule has 3 fully saturated rings. The topological polar surface area (TPSA) is 71.2 Å². The molecule has 7 nitrogen and oxygen atoms in total. The summed E-state index contributed by atoms with van der Waals surface area (Å²) in [5.74, 6) is 1.37. The van der Waals surface area contributed by atoms with E-state index in [9.17, 15) is 4.39 Å². The number of rotatable bonds is 4. The Hall–Kier alpha value is -2.30. The molecule has 2 aliphatic heterocycles. The van der Waals surface area contributed by atoms with Gasteiger partial charge in [-0.15, -0.1) is 10.2 Å². The predicted octanol–water partition coefficient (Wildman–Crippen LogP) is 5.43. The summed E-state index contributed by atoms with van der Waals surface area (Å²) in [5, 5.41) is 8.72. The normalized spacial score (nSPS) is 21.8. The van der Waals surface area contributed by atoms with Gasteiger partial charge in [0.15, 0.2) is 0 Å². The Morgan fingerprint density at radius 3 is 2.56 bits per heavy atom. The quantitative estimate of drug-likeness (QED) is 0.385. The minimum atomic E-state index is -0.847. The van der Waals surface area contributed by atoms with Gasteiger partial charge < -0.3 is 14.2 Å². The average molecular weight is 574 g/mol. The maximum Gasteiger partial charge on any atom is 0.266 e. The number of benzene rings is 1. The van der Waals surface area contributed by atoms with Gasteiger partial charge in [0, 0.05) is 28.9 Å². The fourth-order valence-electron chi connectivity index (χ4n) is 5.19. The van der Waals surface area contributed by atoms with Crippen molar-refractivity contribution in [2.75, 3.05) is 36.0 Å². The minimum Gasteiger partial charge on any atom is -0.415 e. The smallest absolute Gasteiger partial charge is 0.266 e. The van der Waals surface area contributed by atoms with E-state index >= 15 is 0 Å². The van der Waals surface area contributed by atoms with Crippen molar-refractivity contribution in [2.45, 2.75) is 51.6 Å². The van der Waals surface area contributed by atoms with Crippen LogP contribution in [0.1, 0.15) is 44.2 Å². The minimum absolute atomic E-state index is 0.321. The number of aromatic nitrogens is 4. The van der Waals surface area contributed by atoms with Gasteiger partial charge in [-0.3, -0.25) is 0 Å². The molecule has 1 aliphatic carbocycles. The van der Waals surface area contributed by atoms with Crippen LogP contribution in [0.4, 0.5) is 16.0 Å². The fraction of sp³-hybridized carbons (Fsp3) is 0.520. The van der Waals surface area contributed by atoms with Gasteiger partial charge in [-0.25, -0.2) is 14.4 Å². The second kappa shape index (κ2) is 8.73. The van der Waals surface area contributed by atoms with Crippen molar-refractivity contribution < 1.29 is 8.81 Å². The molecule has 1 atom stereocenters. The van der Waals surface area contributed by atoms with Gasteiger partial charge in [0.1, 0.15) is 11.9 Å². The second-order valence-corrected chi connectivity index (χ2v) is 11.2. The lowest BCUT2D eigenvalue weighted by Crippen LogP contribution is -2.37. The zero-order chi connectivity index (χ0) is 23.3. The summed E-state index contributed by atoms with van der Waals surface area (Å²) in [6.07, 6.45) is 5.83. The molecule has 3 aliphatic rings. The first-order valence-corrected chi connectivity index (χ1v) is 13.2. The lowest BCUT2D eigenvalue weighted by Gasteiger charge is -2.34. The van der Waals surface area contributed by atoms with Crippen molar-refractivity contribution in [3.05, 3.63) is 33.5 Å². The maximum absolute atomic E-state index is 14.0. The summed E-state index contributed by atoms with van der Waals surface area (Å²) in [6.45, 7) is 5.10. The van der Waals surface area contributed by atoms with Gasteiger partial charge in [-0.05, 0) is 97.7 Å². The Bertz CT molecular complexity index is 1200. The maximum atomic E-state index is 14.0. The first kappa shape index (κ1) is 22.2. The summed E-state index contributed by atoms with van der Waals surface area (Å²) in [7, 11) is 0. The molecule has 1 aromatic carbocycles. The molecule has 2 saturated heterocycles. The number of anilines is 2. The van der Waals surface area contributed by atoms with Crippen molar-refractivity contribution in [3.8, 4) is 23.0 Å². The molecular weight excluding hydrogens is 546 g/mol. The van der Waals surface area contributed by atoms with E-state index in [1.807, 2.05) is 17.9 Å². The highest BCUT2D eigenvalue weighted by Crippen LogP contribution is 2.54. The predicted molar refractivity (Wildman–Crippen MR) is 138 cm³/mol. The summed E-state index contributed by atoms with van der Waals surface area (Å²) in [4.78, 5) is 13.6. The molecule has 4 heterocycles. The summed E-state index contributed by atoms with van der Waals surface area (Å²) in [5.41, 5.74) is 4.09. The Labute approximate surface area is 212 Å². The number of alkyl halides is 1. The molecule has 9 heteroatoms. The third-order valence-electron chi connectivity index (χ3n) is 7.45. The monoisotopic (exact) mass is 574 g/mol. The standard InChI is InChI=1S/C25H28FIN6O/c1-16-13-20(29-24(28-16)33-10-2-3-17(26)15-33)23-31-30-22(34-23)19-5-4-18(27)14-21(19)32-11-8-25(6-7-25)9-12-32/h4-5,13-14,17H,2-3,6-12,15H2,1H3. The van der Waals surface area contributed by atoms with Gasteiger partial charge in [-0.2, -0.15) is 0 Å². The molecule has 1 unspecified atom stereocenters. The van der Waals surface area contributed by atoms with E-state index in [1.54, 1.807) is 0 Å². The van der Waals surface area contributed by atoms with E-state index in [0.717, 1.165) is 43.0 Å². The highest BCUT2D eigenvalue weighted by Gasteiger charge is 2.44. The van der Waals surface area contributed by atoms with Crippen LogP contribution in [-0.4, -0.2) is 52.5 Å². The zero-order valence-electron chi connectivity index (χ0n) is 19.3. The van der Waals surface area contributed by atoms with E-state index in [0.29, 0.717) is 41.8 Å².